The first-order valence-corrected chi connectivity index (χ1v) is 10.4. The summed E-state index contributed by atoms with van der Waals surface area (Å²) in [5.41, 5.74) is 8.43. The number of carboxylic acids is 2. The standard InChI is InChI=1S/C19H25FN4O11/c20-8-6-24(19(32)23-16(8)27)13-5-11(35-15(26)4-2-10(22)18(30)31)12(34-13)7-33-14(25)3-1-9(21)17(28)29/h6,9-13H,1-5,7,21-22H2,(H,28,29)(H,30,31)(H,23,27,32)/t9-,10-,11-,12+,13+/m0/s1. The van der Waals surface area contributed by atoms with Crippen molar-refractivity contribution in [3.63, 3.8) is 0 Å². The molecule has 35 heavy (non-hydrogen) atoms. The number of H-pyrrole nitrogens is 1. The van der Waals surface area contributed by atoms with Gasteiger partial charge in [-0.2, -0.15) is 4.39 Å². The number of carbonyl (C=O) groups is 4. The fourth-order valence-electron chi connectivity index (χ4n) is 3.09. The Kier molecular flexibility index (Phi) is 9.61. The molecule has 15 nitrogen and oxygen atoms in total. The van der Waals surface area contributed by atoms with Crippen LogP contribution in [0.4, 0.5) is 4.39 Å². The normalized spacial score (nSPS) is 21.2. The minimum absolute atomic E-state index is 0.198. The van der Waals surface area contributed by atoms with Crippen LogP contribution in [0.1, 0.15) is 38.3 Å². The van der Waals surface area contributed by atoms with Gasteiger partial charge in [0.2, 0.25) is 5.82 Å². The zero-order chi connectivity index (χ0) is 26.3. The summed E-state index contributed by atoms with van der Waals surface area (Å²) in [4.78, 5) is 70.8. The molecule has 0 unspecified atom stereocenters. The lowest BCUT2D eigenvalue weighted by molar-refractivity contribution is -0.158. The molecule has 2 heterocycles. The second-order valence-corrected chi connectivity index (χ2v) is 7.69. The van der Waals surface area contributed by atoms with E-state index in [1.54, 1.807) is 4.98 Å². The van der Waals surface area contributed by atoms with Crippen LogP contribution in [0, 0.1) is 5.82 Å². The van der Waals surface area contributed by atoms with E-state index in [0.717, 1.165) is 4.57 Å². The summed E-state index contributed by atoms with van der Waals surface area (Å²) in [7, 11) is 0. The number of carbonyl (C=O) groups excluding carboxylic acids is 2. The van der Waals surface area contributed by atoms with Crippen LogP contribution >= 0.6 is 0 Å². The molecule has 1 aliphatic heterocycles. The van der Waals surface area contributed by atoms with Crippen molar-refractivity contribution in [3.8, 4) is 0 Å². The monoisotopic (exact) mass is 504 g/mol. The maximum atomic E-state index is 13.7. The molecule has 0 bridgehead atoms. The number of ether oxygens (including phenoxy) is 3. The molecular weight excluding hydrogens is 479 g/mol. The third kappa shape index (κ3) is 7.97. The van der Waals surface area contributed by atoms with Gasteiger partial charge in [0.05, 0.1) is 6.20 Å². The molecule has 16 heteroatoms. The first kappa shape index (κ1) is 27.6. The summed E-state index contributed by atoms with van der Waals surface area (Å²) in [5.74, 6) is -5.55. The molecule has 7 N–H and O–H groups in total. The number of nitrogens with one attached hydrogen (secondary N) is 1. The highest BCUT2D eigenvalue weighted by Gasteiger charge is 2.40. The molecular formula is C19H25FN4O11. The van der Waals surface area contributed by atoms with Gasteiger partial charge in [0.1, 0.15) is 37.1 Å². The minimum atomic E-state index is -1.31. The van der Waals surface area contributed by atoms with Gasteiger partial charge in [-0.05, 0) is 12.8 Å². The Hall–Kier alpha value is -3.63. The third-order valence-corrected chi connectivity index (χ3v) is 5.06. The Morgan fingerprint density at radius 2 is 1.69 bits per heavy atom. The van der Waals surface area contributed by atoms with Crippen LogP contribution in [0.15, 0.2) is 15.8 Å². The van der Waals surface area contributed by atoms with Crippen molar-refractivity contribution < 1.29 is 48.0 Å². The number of halogens is 1. The second-order valence-electron chi connectivity index (χ2n) is 7.69. The first-order chi connectivity index (χ1) is 16.4. The SMILES string of the molecule is N[C@@H](CCC(=O)OC[C@H]1O[C@@H](n2cc(F)c(=O)[nH]c2=O)C[C@@H]1OC(=O)CC[C@H](N)C(=O)O)C(=O)O. The van der Waals surface area contributed by atoms with Gasteiger partial charge in [-0.3, -0.25) is 33.5 Å². The van der Waals surface area contributed by atoms with Crippen molar-refractivity contribution in [3.05, 3.63) is 32.9 Å². The lowest BCUT2D eigenvalue weighted by Crippen LogP contribution is -2.34. The molecule has 1 fully saturated rings. The molecule has 0 aliphatic carbocycles. The van der Waals surface area contributed by atoms with E-state index in [4.69, 9.17) is 35.9 Å². The fourth-order valence-corrected chi connectivity index (χ4v) is 3.09. The quantitative estimate of drug-likeness (QED) is 0.190. The predicted molar refractivity (Wildman–Crippen MR) is 110 cm³/mol. The number of nitrogens with zero attached hydrogens (tertiary/aromatic N) is 1. The number of esters is 2. The summed E-state index contributed by atoms with van der Waals surface area (Å²) in [6.45, 7) is -0.481. The van der Waals surface area contributed by atoms with Gasteiger partial charge in [0.15, 0.2) is 0 Å². The summed E-state index contributed by atoms with van der Waals surface area (Å²) < 4.78 is 30.3. The number of rotatable bonds is 12. The Labute approximate surface area is 195 Å². The van der Waals surface area contributed by atoms with E-state index in [1.807, 2.05) is 0 Å². The van der Waals surface area contributed by atoms with Crippen LogP contribution in [0.5, 0.6) is 0 Å². The van der Waals surface area contributed by atoms with Crippen LogP contribution in [0.2, 0.25) is 0 Å². The van der Waals surface area contributed by atoms with Crippen molar-refractivity contribution in [1.29, 1.82) is 0 Å². The molecule has 0 amide bonds. The number of aromatic amines is 1. The van der Waals surface area contributed by atoms with E-state index in [-0.39, 0.29) is 32.1 Å². The zero-order valence-corrected chi connectivity index (χ0v) is 18.3. The highest BCUT2D eigenvalue weighted by Crippen LogP contribution is 2.30. The number of hydrogen-bond acceptors (Lipinski definition) is 11. The van der Waals surface area contributed by atoms with E-state index in [9.17, 15) is 33.2 Å². The van der Waals surface area contributed by atoms with E-state index in [1.165, 1.54) is 0 Å². The summed E-state index contributed by atoms with van der Waals surface area (Å²) in [5, 5.41) is 17.6. The molecule has 0 saturated carbocycles. The number of carboxylic acid groups (broad SMARTS) is 2. The van der Waals surface area contributed by atoms with Gasteiger partial charge in [0, 0.05) is 19.3 Å². The first-order valence-electron chi connectivity index (χ1n) is 10.4. The van der Waals surface area contributed by atoms with Crippen LogP contribution in [0.3, 0.4) is 0 Å². The maximum absolute atomic E-state index is 13.7. The van der Waals surface area contributed by atoms with Crippen molar-refractivity contribution in [2.24, 2.45) is 11.5 Å². The Morgan fingerprint density at radius 1 is 1.11 bits per heavy atom. The minimum Gasteiger partial charge on any atom is -0.480 e. The summed E-state index contributed by atoms with van der Waals surface area (Å²) in [6, 6.07) is -2.57. The third-order valence-electron chi connectivity index (χ3n) is 5.06. The predicted octanol–water partition coefficient (Wildman–Crippen LogP) is -2.20. The van der Waals surface area contributed by atoms with Gasteiger partial charge in [0.25, 0.3) is 5.56 Å². The van der Waals surface area contributed by atoms with Crippen molar-refractivity contribution in [1.82, 2.24) is 9.55 Å². The molecule has 0 spiro atoms. The van der Waals surface area contributed by atoms with Crippen LogP contribution in [0.25, 0.3) is 0 Å². The van der Waals surface area contributed by atoms with E-state index in [0.29, 0.717) is 6.20 Å². The molecule has 194 valence electrons. The molecule has 0 radical (unpaired) electrons. The molecule has 1 aliphatic rings. The zero-order valence-electron chi connectivity index (χ0n) is 18.3. The van der Waals surface area contributed by atoms with E-state index in [2.05, 4.69) is 0 Å². The average molecular weight is 504 g/mol. The highest BCUT2D eigenvalue weighted by molar-refractivity contribution is 5.76. The topological polar surface area (TPSA) is 243 Å². The van der Waals surface area contributed by atoms with Gasteiger partial charge in [-0.25, -0.2) is 4.79 Å². The average Bonchev–Trinajstić information content (AvgIpc) is 3.18. The van der Waals surface area contributed by atoms with Gasteiger partial charge >= 0.3 is 29.6 Å². The van der Waals surface area contributed by atoms with Crippen molar-refractivity contribution in [2.75, 3.05) is 6.61 Å². The largest absolute Gasteiger partial charge is 0.480 e. The molecule has 1 aromatic heterocycles. The van der Waals surface area contributed by atoms with Gasteiger partial charge < -0.3 is 35.9 Å². The Bertz CT molecular complexity index is 1070. The lowest BCUT2D eigenvalue weighted by Gasteiger charge is -2.19. The van der Waals surface area contributed by atoms with Crippen LogP contribution in [-0.4, -0.2) is 74.5 Å². The highest BCUT2D eigenvalue weighted by atomic mass is 19.1. The lowest BCUT2D eigenvalue weighted by atomic mass is 10.1. The Morgan fingerprint density at radius 3 is 2.26 bits per heavy atom. The Balaban J connectivity index is 2.08. The number of aromatic nitrogens is 2. The number of aliphatic carboxylic acids is 2. The maximum Gasteiger partial charge on any atom is 0.330 e. The van der Waals surface area contributed by atoms with Gasteiger partial charge in [-0.1, -0.05) is 0 Å². The summed E-state index contributed by atoms with van der Waals surface area (Å²) in [6.07, 6.45) is -4.15. The molecule has 0 aromatic carbocycles. The fraction of sp³-hybridized carbons (Fsp3) is 0.579. The summed E-state index contributed by atoms with van der Waals surface area (Å²) >= 11 is 0. The van der Waals surface area contributed by atoms with Crippen LogP contribution in [-0.2, 0) is 33.4 Å². The number of nitrogens with two attached hydrogens (primary N) is 2. The molecule has 2 rings (SSSR count). The molecule has 1 saturated heterocycles. The van der Waals surface area contributed by atoms with E-state index < -0.39 is 78.1 Å². The van der Waals surface area contributed by atoms with Crippen molar-refractivity contribution in [2.45, 2.75) is 62.6 Å². The second kappa shape index (κ2) is 12.2. The van der Waals surface area contributed by atoms with E-state index >= 15 is 0 Å². The molecule has 1 aromatic rings. The molecule has 5 atom stereocenters. The van der Waals surface area contributed by atoms with Crippen LogP contribution < -0.4 is 22.7 Å². The smallest absolute Gasteiger partial charge is 0.330 e. The number of hydrogen-bond donors (Lipinski definition) is 5. The van der Waals surface area contributed by atoms with Crippen molar-refractivity contribution >= 4 is 23.9 Å². The van der Waals surface area contributed by atoms with Gasteiger partial charge in [-0.15, -0.1) is 0 Å².